The Morgan fingerprint density at radius 2 is 2.11 bits per heavy atom. The summed E-state index contributed by atoms with van der Waals surface area (Å²) in [4.78, 5) is 23.2. The van der Waals surface area contributed by atoms with Crippen molar-refractivity contribution in [2.24, 2.45) is 0 Å². The first-order valence-electron chi connectivity index (χ1n) is 11.7. The van der Waals surface area contributed by atoms with Crippen LogP contribution in [0.1, 0.15) is 44.5 Å². The number of aromatic amines is 1. The number of carbonyl (C=O) groups excluding carboxylic acids is 1. The Bertz CT molecular complexity index is 1490. The van der Waals surface area contributed by atoms with Crippen LogP contribution in [0.4, 0.5) is 10.6 Å². The number of hydrogen-bond donors (Lipinski definition) is 2. The van der Waals surface area contributed by atoms with Crippen LogP contribution < -0.4 is 5.73 Å². The van der Waals surface area contributed by atoms with E-state index in [0.29, 0.717) is 42.1 Å². The Kier molecular flexibility index (Phi) is 5.97. The lowest BCUT2D eigenvalue weighted by Gasteiger charge is -2.28. The van der Waals surface area contributed by atoms with Crippen LogP contribution >= 0.6 is 0 Å². The van der Waals surface area contributed by atoms with Gasteiger partial charge in [-0.05, 0) is 51.3 Å². The molecule has 1 aliphatic rings. The summed E-state index contributed by atoms with van der Waals surface area (Å²) < 4.78 is 12.8. The number of aromatic nitrogens is 6. The maximum Gasteiger partial charge on any atom is 0.410 e. The number of fused-ring (bicyclic) bond motifs is 2. The maximum absolute atomic E-state index is 12.9. The van der Waals surface area contributed by atoms with Crippen molar-refractivity contribution in [3.63, 3.8) is 0 Å². The zero-order valence-corrected chi connectivity index (χ0v) is 20.6. The Hall–Kier alpha value is -4.17. The first-order valence-corrected chi connectivity index (χ1v) is 11.7. The van der Waals surface area contributed by atoms with Crippen LogP contribution in [0.2, 0.25) is 0 Å². The molecule has 0 saturated carbocycles. The SMILES string of the molecule is COC[C@H]1C[C@H](n2nc(C#Cc3ccc4cn[nH]c4c3)c3c(N)ncnc32)CN1C(=O)OC(C)(C)C. The van der Waals surface area contributed by atoms with Gasteiger partial charge in [-0.1, -0.05) is 5.92 Å². The van der Waals surface area contributed by atoms with E-state index in [-0.39, 0.29) is 18.2 Å². The van der Waals surface area contributed by atoms with E-state index in [0.717, 1.165) is 16.5 Å². The first kappa shape index (κ1) is 23.6. The van der Waals surface area contributed by atoms with Crippen molar-refractivity contribution in [3.8, 4) is 11.8 Å². The van der Waals surface area contributed by atoms with Gasteiger partial charge in [0.15, 0.2) is 5.65 Å². The molecule has 0 spiro atoms. The molecule has 1 aromatic carbocycles. The fourth-order valence-electron chi connectivity index (χ4n) is 4.45. The van der Waals surface area contributed by atoms with Gasteiger partial charge in [0.05, 0.1) is 35.8 Å². The van der Waals surface area contributed by atoms with Crippen LogP contribution in [0.5, 0.6) is 0 Å². The number of ether oxygens (including phenoxy) is 2. The van der Waals surface area contributed by atoms with E-state index in [9.17, 15) is 4.79 Å². The summed E-state index contributed by atoms with van der Waals surface area (Å²) in [6.45, 7) is 6.32. The predicted octanol–water partition coefficient (Wildman–Crippen LogP) is 2.88. The van der Waals surface area contributed by atoms with Gasteiger partial charge < -0.3 is 20.1 Å². The molecule has 0 unspecified atom stereocenters. The largest absolute Gasteiger partial charge is 0.444 e. The van der Waals surface area contributed by atoms with E-state index in [1.54, 1.807) is 22.9 Å². The number of nitrogen functional groups attached to an aromatic ring is 1. The van der Waals surface area contributed by atoms with Crippen LogP contribution in [0.15, 0.2) is 30.7 Å². The quantitative estimate of drug-likeness (QED) is 0.420. The van der Waals surface area contributed by atoms with Crippen molar-refractivity contribution >= 4 is 33.8 Å². The molecule has 3 aromatic heterocycles. The maximum atomic E-state index is 12.9. The van der Waals surface area contributed by atoms with Crippen molar-refractivity contribution in [2.45, 2.75) is 44.9 Å². The zero-order valence-electron chi connectivity index (χ0n) is 20.6. The van der Waals surface area contributed by atoms with E-state index in [2.05, 4.69) is 32.0 Å². The molecule has 3 N–H and O–H groups in total. The topological polar surface area (TPSA) is 137 Å². The van der Waals surface area contributed by atoms with E-state index in [4.69, 9.17) is 20.3 Å². The standard InChI is InChI=1S/C25H28N8O3/c1-25(2,3)36-24(34)32-12-17(10-18(32)13-35-4)33-23-21(22(26)27-14-28-23)19(31-33)8-6-15-5-7-16-11-29-30-20(16)9-15/h5,7,9,11,14,17-18H,10,12-13H2,1-4H3,(H,29,30)(H2,26,27,28)/t17-,18+/m0/s1. The number of methoxy groups -OCH3 is 1. The Labute approximate surface area is 208 Å². The molecule has 0 radical (unpaired) electrons. The molecule has 2 atom stereocenters. The molecule has 1 fully saturated rings. The molecule has 1 saturated heterocycles. The molecule has 186 valence electrons. The average Bonchev–Trinajstić information content (AvgIpc) is 3.53. The Morgan fingerprint density at radius 1 is 1.28 bits per heavy atom. The van der Waals surface area contributed by atoms with Gasteiger partial charge in [-0.25, -0.2) is 19.4 Å². The highest BCUT2D eigenvalue weighted by molar-refractivity contribution is 5.90. The number of anilines is 1. The molecule has 4 heterocycles. The molecule has 0 aliphatic carbocycles. The fraction of sp³-hybridized carbons (Fsp3) is 0.400. The molecular weight excluding hydrogens is 460 g/mol. The van der Waals surface area contributed by atoms with E-state index >= 15 is 0 Å². The van der Waals surface area contributed by atoms with E-state index in [1.807, 2.05) is 39.0 Å². The average molecular weight is 489 g/mol. The van der Waals surface area contributed by atoms with Crippen molar-refractivity contribution in [1.82, 2.24) is 34.8 Å². The number of amides is 1. The summed E-state index contributed by atoms with van der Waals surface area (Å²) in [5, 5.41) is 13.4. The molecule has 11 heteroatoms. The summed E-state index contributed by atoms with van der Waals surface area (Å²) in [5.74, 6) is 6.60. The molecule has 1 aliphatic heterocycles. The molecule has 1 amide bonds. The second-order valence-corrected chi connectivity index (χ2v) is 9.80. The van der Waals surface area contributed by atoms with Gasteiger partial charge in [-0.2, -0.15) is 10.2 Å². The third-order valence-corrected chi connectivity index (χ3v) is 6.01. The van der Waals surface area contributed by atoms with Gasteiger partial charge >= 0.3 is 6.09 Å². The van der Waals surface area contributed by atoms with E-state index in [1.165, 1.54) is 6.33 Å². The molecule has 11 nitrogen and oxygen atoms in total. The van der Waals surface area contributed by atoms with Crippen molar-refractivity contribution in [3.05, 3.63) is 42.0 Å². The minimum absolute atomic E-state index is 0.161. The smallest absolute Gasteiger partial charge is 0.410 e. The van der Waals surface area contributed by atoms with Crippen LogP contribution in [0.3, 0.4) is 0 Å². The lowest BCUT2D eigenvalue weighted by atomic mass is 10.1. The molecule has 4 aromatic rings. The number of nitrogens with zero attached hydrogens (tertiary/aromatic N) is 6. The fourth-order valence-corrected chi connectivity index (χ4v) is 4.45. The van der Waals surface area contributed by atoms with Crippen LogP contribution in [0.25, 0.3) is 21.9 Å². The van der Waals surface area contributed by atoms with Crippen molar-refractivity contribution < 1.29 is 14.3 Å². The highest BCUT2D eigenvalue weighted by atomic mass is 16.6. The van der Waals surface area contributed by atoms with Gasteiger partial charge in [0.1, 0.15) is 23.4 Å². The number of likely N-dealkylation sites (tertiary alicyclic amines) is 1. The summed E-state index contributed by atoms with van der Waals surface area (Å²) in [5.41, 5.74) is 8.38. The number of nitrogens with two attached hydrogens (primary N) is 1. The van der Waals surface area contributed by atoms with Gasteiger partial charge in [-0.3, -0.25) is 5.10 Å². The van der Waals surface area contributed by atoms with Gasteiger partial charge in [-0.15, -0.1) is 0 Å². The minimum atomic E-state index is -0.602. The number of rotatable bonds is 3. The van der Waals surface area contributed by atoms with Crippen LogP contribution in [-0.2, 0) is 9.47 Å². The number of hydrogen-bond acceptors (Lipinski definition) is 8. The van der Waals surface area contributed by atoms with Crippen molar-refractivity contribution in [2.75, 3.05) is 26.0 Å². The van der Waals surface area contributed by atoms with E-state index < -0.39 is 5.60 Å². The Balaban J connectivity index is 1.50. The zero-order chi connectivity index (χ0) is 25.4. The number of H-pyrrole nitrogens is 1. The van der Waals surface area contributed by atoms with Crippen molar-refractivity contribution in [1.29, 1.82) is 0 Å². The second-order valence-electron chi connectivity index (χ2n) is 9.80. The van der Waals surface area contributed by atoms with Gasteiger partial charge in [0.25, 0.3) is 0 Å². The predicted molar refractivity (Wildman–Crippen MR) is 134 cm³/mol. The minimum Gasteiger partial charge on any atom is -0.444 e. The Morgan fingerprint density at radius 3 is 2.89 bits per heavy atom. The van der Waals surface area contributed by atoms with Gasteiger partial charge in [0, 0.05) is 24.6 Å². The number of nitrogens with one attached hydrogen (secondary N) is 1. The van der Waals surface area contributed by atoms with Crippen LogP contribution in [0, 0.1) is 11.8 Å². The molecule has 5 rings (SSSR count). The molecular formula is C25H28N8O3. The summed E-state index contributed by atoms with van der Waals surface area (Å²) >= 11 is 0. The molecule has 36 heavy (non-hydrogen) atoms. The third kappa shape index (κ3) is 4.55. The second kappa shape index (κ2) is 9.13. The lowest BCUT2D eigenvalue weighted by molar-refractivity contribution is 0.0145. The number of benzene rings is 1. The number of carbonyl (C=O) groups is 1. The van der Waals surface area contributed by atoms with Gasteiger partial charge in [0.2, 0.25) is 0 Å². The summed E-state index contributed by atoms with van der Waals surface area (Å²) in [6.07, 6.45) is 3.41. The highest BCUT2D eigenvalue weighted by Crippen LogP contribution is 2.32. The monoisotopic (exact) mass is 488 g/mol. The van der Waals surface area contributed by atoms with Crippen LogP contribution in [-0.4, -0.2) is 72.8 Å². The first-order chi connectivity index (χ1) is 17.2. The summed E-state index contributed by atoms with van der Waals surface area (Å²) in [6, 6.07) is 5.49. The normalized spacial score (nSPS) is 17.9. The molecule has 0 bridgehead atoms. The lowest BCUT2D eigenvalue weighted by Crippen LogP contribution is -2.41. The summed E-state index contributed by atoms with van der Waals surface area (Å²) in [7, 11) is 1.62. The highest BCUT2D eigenvalue weighted by Gasteiger charge is 2.39. The third-order valence-electron chi connectivity index (χ3n) is 6.01.